The van der Waals surface area contributed by atoms with Crippen molar-refractivity contribution in [3.8, 4) is 17.5 Å². The number of nitrogens with zero attached hydrogens (tertiary/aromatic N) is 4. The maximum Gasteiger partial charge on any atom is 0.419 e. The molecule has 2 bridgehead atoms. The normalized spacial score (nSPS) is 22.3. The summed E-state index contributed by atoms with van der Waals surface area (Å²) in [4.78, 5) is 22.8. The van der Waals surface area contributed by atoms with Gasteiger partial charge in [-0.3, -0.25) is 4.57 Å². The lowest BCUT2D eigenvalue weighted by Crippen LogP contribution is -2.46. The van der Waals surface area contributed by atoms with Gasteiger partial charge < -0.3 is 19.1 Å². The van der Waals surface area contributed by atoms with Crippen LogP contribution in [0.3, 0.4) is 0 Å². The summed E-state index contributed by atoms with van der Waals surface area (Å²) in [6.07, 6.45) is -2.34. The molecule has 35 heavy (non-hydrogen) atoms. The maximum absolute atomic E-state index is 13.4. The number of alkyl halides is 3. The molecule has 2 atom stereocenters. The highest BCUT2D eigenvalue weighted by molar-refractivity contribution is 5.52. The van der Waals surface area contributed by atoms with Crippen LogP contribution in [0.5, 0.6) is 17.5 Å². The Morgan fingerprint density at radius 3 is 2.77 bits per heavy atom. The fraction of sp³-hybridized carbons (Fsp3) is 0.348. The number of aromatic nitrogens is 3. The zero-order valence-electron chi connectivity index (χ0n) is 18.1. The van der Waals surface area contributed by atoms with Crippen molar-refractivity contribution < 1.29 is 31.8 Å². The van der Waals surface area contributed by atoms with Gasteiger partial charge in [0.25, 0.3) is 0 Å². The number of hydrogen-bond donors (Lipinski definition) is 0. The average molecular weight is 490 g/mol. The summed E-state index contributed by atoms with van der Waals surface area (Å²) in [5, 5.41) is 0. The van der Waals surface area contributed by atoms with Crippen LogP contribution in [0, 0.1) is 5.82 Å². The van der Waals surface area contributed by atoms with Crippen molar-refractivity contribution in [1.82, 2.24) is 14.5 Å². The predicted octanol–water partition coefficient (Wildman–Crippen LogP) is 3.53. The second-order valence-corrected chi connectivity index (χ2v) is 8.83. The minimum Gasteiger partial charge on any atom is -0.473 e. The highest BCUT2D eigenvalue weighted by atomic mass is 19.4. The molecule has 0 radical (unpaired) electrons. The topological polar surface area (TPSA) is 78.7 Å². The average Bonchev–Trinajstić information content (AvgIpc) is 3.48. The molecule has 0 N–H and O–H groups in total. The Balaban J connectivity index is 1.13. The van der Waals surface area contributed by atoms with Crippen molar-refractivity contribution in [2.75, 3.05) is 18.1 Å². The largest absolute Gasteiger partial charge is 0.473 e. The lowest BCUT2D eigenvalue weighted by atomic mass is 10.0. The lowest BCUT2D eigenvalue weighted by molar-refractivity contribution is -0.140. The number of rotatable bonds is 5. The van der Waals surface area contributed by atoms with E-state index in [1.165, 1.54) is 12.3 Å². The van der Waals surface area contributed by atoms with Gasteiger partial charge in [0.2, 0.25) is 11.8 Å². The zero-order chi connectivity index (χ0) is 24.4. The van der Waals surface area contributed by atoms with Crippen molar-refractivity contribution in [3.63, 3.8) is 0 Å². The van der Waals surface area contributed by atoms with E-state index in [-0.39, 0.29) is 41.4 Å². The quantitative estimate of drug-likeness (QED) is 0.507. The Bertz CT molecular complexity index is 1360. The summed E-state index contributed by atoms with van der Waals surface area (Å²) in [5.74, 6) is -0.597. The van der Waals surface area contributed by atoms with Crippen LogP contribution in [0.4, 0.5) is 23.4 Å². The number of halogens is 4. The van der Waals surface area contributed by atoms with Gasteiger partial charge in [-0.2, -0.15) is 18.2 Å². The van der Waals surface area contributed by atoms with Crippen molar-refractivity contribution in [2.45, 2.75) is 37.4 Å². The van der Waals surface area contributed by atoms with Crippen LogP contribution in [0.25, 0.3) is 0 Å². The molecule has 3 aromatic rings. The number of anilines is 1. The van der Waals surface area contributed by atoms with Gasteiger partial charge in [0.15, 0.2) is 0 Å². The summed E-state index contributed by atoms with van der Waals surface area (Å²) in [6.45, 7) is 1.93. The number of morpholine rings is 1. The number of ether oxygens (including phenoxy) is 3. The fourth-order valence-electron chi connectivity index (χ4n) is 4.88. The monoisotopic (exact) mass is 490 g/mol. The molecule has 3 aliphatic heterocycles. The third-order valence-corrected chi connectivity index (χ3v) is 6.50. The van der Waals surface area contributed by atoms with E-state index >= 15 is 0 Å². The first-order chi connectivity index (χ1) is 16.7. The molecular weight excluding hydrogens is 472 g/mol. The highest BCUT2D eigenvalue weighted by Gasteiger charge is 2.56. The Kier molecular flexibility index (Phi) is 4.78. The van der Waals surface area contributed by atoms with Gasteiger partial charge in [-0.25, -0.2) is 14.2 Å². The van der Waals surface area contributed by atoms with E-state index in [9.17, 15) is 22.4 Å². The Labute approximate surface area is 195 Å². The second-order valence-electron chi connectivity index (χ2n) is 8.83. The molecule has 0 unspecified atom stereocenters. The number of fused-ring (bicyclic) bond motifs is 3. The molecule has 1 aromatic carbocycles. The van der Waals surface area contributed by atoms with Gasteiger partial charge in [-0.1, -0.05) is 0 Å². The Morgan fingerprint density at radius 1 is 1.17 bits per heavy atom. The summed E-state index contributed by atoms with van der Waals surface area (Å²) in [6, 6.07) is 7.16. The van der Waals surface area contributed by atoms with Gasteiger partial charge >= 0.3 is 11.9 Å². The standard InChI is InChI=1S/C23H18F4N4O4/c24-17-3-2-14(5-16(17)23(25,26)27)35-18-4-1-13(8-28-18)10-33-19-6-20-30(21(32)29-19)11-22-7-15(34-12-22)9-31(20)22/h1-6,8,15H,7,9-12H2/t15-,22+/m1/s1. The molecule has 182 valence electrons. The molecule has 6 rings (SSSR count). The lowest BCUT2D eigenvalue weighted by Gasteiger charge is -2.32. The summed E-state index contributed by atoms with van der Waals surface area (Å²) >= 11 is 0. The third-order valence-electron chi connectivity index (χ3n) is 6.50. The SMILES string of the molecule is O=c1nc(OCc2ccc(Oc3ccc(F)c(C(F)(F)F)c3)nc2)cc2n1C[C@@]13CO[C@@H](CN21)C3. The van der Waals surface area contributed by atoms with E-state index in [0.29, 0.717) is 30.8 Å². The number of hydrogen-bond acceptors (Lipinski definition) is 7. The van der Waals surface area contributed by atoms with Crippen LogP contribution in [-0.4, -0.2) is 39.3 Å². The summed E-state index contributed by atoms with van der Waals surface area (Å²) in [7, 11) is 0. The molecule has 5 heterocycles. The van der Waals surface area contributed by atoms with E-state index in [0.717, 1.165) is 24.8 Å². The molecule has 3 aliphatic rings. The van der Waals surface area contributed by atoms with Crippen LogP contribution >= 0.6 is 0 Å². The van der Waals surface area contributed by atoms with Gasteiger partial charge in [-0.15, -0.1) is 0 Å². The summed E-state index contributed by atoms with van der Waals surface area (Å²) < 4.78 is 70.5. The van der Waals surface area contributed by atoms with E-state index in [1.54, 1.807) is 16.7 Å². The van der Waals surface area contributed by atoms with Crippen LogP contribution < -0.4 is 20.1 Å². The van der Waals surface area contributed by atoms with E-state index < -0.39 is 17.6 Å². The molecule has 1 spiro atoms. The number of pyridine rings is 1. The van der Waals surface area contributed by atoms with Gasteiger partial charge in [0, 0.05) is 36.9 Å². The van der Waals surface area contributed by atoms with Crippen molar-refractivity contribution in [2.24, 2.45) is 0 Å². The Morgan fingerprint density at radius 2 is 2.03 bits per heavy atom. The molecule has 0 aliphatic carbocycles. The van der Waals surface area contributed by atoms with Crippen LogP contribution in [-0.2, 0) is 24.1 Å². The van der Waals surface area contributed by atoms with Crippen molar-refractivity contribution in [1.29, 1.82) is 0 Å². The fourth-order valence-corrected chi connectivity index (χ4v) is 4.88. The predicted molar refractivity (Wildman–Crippen MR) is 113 cm³/mol. The first-order valence-electron chi connectivity index (χ1n) is 10.8. The van der Waals surface area contributed by atoms with Gasteiger partial charge in [0.05, 0.1) is 30.4 Å². The number of benzene rings is 1. The molecule has 2 saturated heterocycles. The van der Waals surface area contributed by atoms with E-state index in [2.05, 4.69) is 14.9 Å². The summed E-state index contributed by atoms with van der Waals surface area (Å²) in [5.41, 5.74) is -1.36. The van der Waals surface area contributed by atoms with Gasteiger partial charge in [-0.05, 0) is 24.3 Å². The van der Waals surface area contributed by atoms with Gasteiger partial charge in [0.1, 0.15) is 24.0 Å². The second kappa shape index (κ2) is 7.67. The van der Waals surface area contributed by atoms with Crippen LogP contribution in [0.15, 0.2) is 47.4 Å². The van der Waals surface area contributed by atoms with E-state index in [4.69, 9.17) is 14.2 Å². The van der Waals surface area contributed by atoms with E-state index in [1.807, 2.05) is 0 Å². The first kappa shape index (κ1) is 21.8. The van der Waals surface area contributed by atoms with Crippen molar-refractivity contribution >= 4 is 5.82 Å². The molecular formula is C23H18F4N4O4. The molecule has 2 fully saturated rings. The molecule has 0 amide bonds. The maximum atomic E-state index is 13.4. The minimum absolute atomic E-state index is 0.0268. The highest BCUT2D eigenvalue weighted by Crippen LogP contribution is 2.46. The molecule has 2 aromatic heterocycles. The molecule has 8 nitrogen and oxygen atoms in total. The molecule has 0 saturated carbocycles. The van der Waals surface area contributed by atoms with Crippen LogP contribution in [0.2, 0.25) is 0 Å². The Hall–Kier alpha value is -3.67. The molecule has 12 heteroatoms. The van der Waals surface area contributed by atoms with Crippen molar-refractivity contribution in [3.05, 3.63) is 70.0 Å². The third kappa shape index (κ3) is 3.77. The zero-order valence-corrected chi connectivity index (χ0v) is 18.1. The first-order valence-corrected chi connectivity index (χ1v) is 10.8. The smallest absolute Gasteiger partial charge is 0.419 e. The van der Waals surface area contributed by atoms with Crippen LogP contribution in [0.1, 0.15) is 17.5 Å². The minimum atomic E-state index is -4.84.